The maximum atomic E-state index is 13.6. The highest BCUT2D eigenvalue weighted by molar-refractivity contribution is 7.93. The monoisotopic (exact) mass is 477 g/mol. The number of aliphatic hydroxyl groups is 1. The van der Waals surface area contributed by atoms with Gasteiger partial charge in [0.25, 0.3) is 10.0 Å². The summed E-state index contributed by atoms with van der Waals surface area (Å²) in [6.07, 6.45) is -0.175. The van der Waals surface area contributed by atoms with Crippen LogP contribution in [-0.4, -0.2) is 42.6 Å². The van der Waals surface area contributed by atoms with Crippen molar-refractivity contribution >= 4 is 26.5 Å². The van der Waals surface area contributed by atoms with Crippen molar-refractivity contribution in [2.24, 2.45) is 0 Å². The van der Waals surface area contributed by atoms with Gasteiger partial charge in [0.15, 0.2) is 0 Å². The highest BCUT2D eigenvalue weighted by atomic mass is 32.2. The minimum absolute atomic E-state index is 0.0634. The first-order valence-corrected chi connectivity index (χ1v) is 12.7. The number of aliphatic hydroxyl groups excluding tert-OH is 1. The second kappa shape index (κ2) is 8.77. The lowest BCUT2D eigenvalue weighted by Crippen LogP contribution is -2.30. The summed E-state index contributed by atoms with van der Waals surface area (Å²) in [5, 5.41) is 17.1. The van der Waals surface area contributed by atoms with Gasteiger partial charge in [-0.25, -0.2) is 8.42 Å². The van der Waals surface area contributed by atoms with E-state index < -0.39 is 16.1 Å². The number of fused-ring (bicyclic) bond motifs is 2. The van der Waals surface area contributed by atoms with Crippen molar-refractivity contribution in [2.45, 2.75) is 37.8 Å². The molecule has 0 radical (unpaired) electrons. The number of hydrogen-bond acceptors (Lipinski definition) is 5. The van der Waals surface area contributed by atoms with Crippen LogP contribution in [0.15, 0.2) is 71.6 Å². The van der Waals surface area contributed by atoms with Gasteiger partial charge in [0.1, 0.15) is 23.4 Å². The Balaban J connectivity index is 1.34. The van der Waals surface area contributed by atoms with Crippen molar-refractivity contribution in [3.63, 3.8) is 0 Å². The summed E-state index contributed by atoms with van der Waals surface area (Å²) < 4.78 is 36.0. The fourth-order valence-corrected chi connectivity index (χ4v) is 6.54. The molecular formula is C26H27N3O4S. The lowest BCUT2D eigenvalue weighted by Gasteiger charge is -2.20. The molecule has 1 atom stereocenters. The van der Waals surface area contributed by atoms with Crippen LogP contribution in [0.4, 0.5) is 5.69 Å². The number of nitrogens with zero attached hydrogens (tertiary/aromatic N) is 3. The van der Waals surface area contributed by atoms with E-state index in [0.29, 0.717) is 30.1 Å². The number of benzene rings is 3. The van der Waals surface area contributed by atoms with Crippen LogP contribution in [0.25, 0.3) is 10.8 Å². The van der Waals surface area contributed by atoms with Gasteiger partial charge in [-0.05, 0) is 43.4 Å². The Bertz CT molecular complexity index is 1460. The number of hydrogen-bond donors (Lipinski definition) is 1. The largest absolute Gasteiger partial charge is 0.490 e. The molecule has 0 saturated heterocycles. The van der Waals surface area contributed by atoms with Crippen LogP contribution in [0.3, 0.4) is 0 Å². The Morgan fingerprint density at radius 1 is 1.03 bits per heavy atom. The third-order valence-electron chi connectivity index (χ3n) is 6.27. The molecule has 0 spiro atoms. The topological polar surface area (TPSA) is 84.7 Å². The van der Waals surface area contributed by atoms with Gasteiger partial charge < -0.3 is 9.84 Å². The zero-order valence-electron chi connectivity index (χ0n) is 19.2. The average molecular weight is 478 g/mol. The molecule has 4 aromatic rings. The Hall–Kier alpha value is -3.36. The van der Waals surface area contributed by atoms with E-state index in [9.17, 15) is 13.5 Å². The number of aryl methyl sites for hydroxylation is 1. The lowest BCUT2D eigenvalue weighted by atomic mass is 10.1. The van der Waals surface area contributed by atoms with Crippen LogP contribution in [0.5, 0.6) is 5.75 Å². The molecule has 34 heavy (non-hydrogen) atoms. The van der Waals surface area contributed by atoms with Crippen molar-refractivity contribution in [2.75, 3.05) is 17.5 Å². The molecule has 1 aromatic heterocycles. The van der Waals surface area contributed by atoms with E-state index >= 15 is 0 Å². The third-order valence-corrected chi connectivity index (χ3v) is 8.34. The molecule has 0 amide bonds. The SMILES string of the molecule is Cc1nn(CC(O)COc2cccc3ccccc23)c(C)c1S(=O)(=O)N1CCc2ccccc21. The molecule has 8 heteroatoms. The predicted molar refractivity (Wildman–Crippen MR) is 132 cm³/mol. The number of aromatic nitrogens is 2. The first-order chi connectivity index (χ1) is 16.4. The molecular weight excluding hydrogens is 450 g/mol. The molecule has 0 fully saturated rings. The molecule has 1 unspecified atom stereocenters. The highest BCUT2D eigenvalue weighted by Crippen LogP contribution is 2.34. The summed E-state index contributed by atoms with van der Waals surface area (Å²) in [4.78, 5) is 0.200. The summed E-state index contributed by atoms with van der Waals surface area (Å²) in [5.74, 6) is 0.696. The normalized spacial score (nSPS) is 14.4. The molecule has 1 N–H and O–H groups in total. The maximum absolute atomic E-state index is 13.6. The molecule has 5 rings (SSSR count). The van der Waals surface area contributed by atoms with E-state index in [1.165, 1.54) is 4.31 Å². The summed E-state index contributed by atoms with van der Waals surface area (Å²) in [5.41, 5.74) is 2.67. The highest BCUT2D eigenvalue weighted by Gasteiger charge is 2.35. The standard InChI is InChI=1S/C26H27N3O4S/c1-18-26(34(31,32)29-15-14-21-9-4-6-12-24(21)29)19(2)28(27-18)16-22(30)17-33-25-13-7-10-20-8-3-5-11-23(20)25/h3-13,22,30H,14-17H2,1-2H3. The van der Waals surface area contributed by atoms with Crippen LogP contribution in [-0.2, 0) is 23.0 Å². The zero-order chi connectivity index (χ0) is 23.9. The summed E-state index contributed by atoms with van der Waals surface area (Å²) >= 11 is 0. The van der Waals surface area contributed by atoms with Crippen molar-refractivity contribution in [3.05, 3.63) is 83.7 Å². The fraction of sp³-hybridized carbons (Fsp3) is 0.269. The van der Waals surface area contributed by atoms with Gasteiger partial charge in [-0.1, -0.05) is 54.6 Å². The molecule has 7 nitrogen and oxygen atoms in total. The first-order valence-electron chi connectivity index (χ1n) is 11.3. The van der Waals surface area contributed by atoms with E-state index in [2.05, 4.69) is 5.10 Å². The van der Waals surface area contributed by atoms with Crippen molar-refractivity contribution in [3.8, 4) is 5.75 Å². The van der Waals surface area contributed by atoms with E-state index in [4.69, 9.17) is 4.74 Å². The second-order valence-corrected chi connectivity index (χ2v) is 10.4. The second-order valence-electron chi connectivity index (χ2n) is 8.58. The number of ether oxygens (including phenoxy) is 1. The van der Waals surface area contributed by atoms with E-state index in [1.807, 2.05) is 66.7 Å². The quantitative estimate of drug-likeness (QED) is 0.437. The molecule has 3 aromatic carbocycles. The zero-order valence-corrected chi connectivity index (χ0v) is 20.0. The number of sulfonamides is 1. The van der Waals surface area contributed by atoms with Crippen molar-refractivity contribution in [1.29, 1.82) is 0 Å². The minimum atomic E-state index is -3.77. The molecule has 1 aliphatic heterocycles. The van der Waals surface area contributed by atoms with Gasteiger partial charge >= 0.3 is 0 Å². The molecule has 2 heterocycles. The first kappa shape index (κ1) is 22.4. The third kappa shape index (κ3) is 3.93. The van der Waals surface area contributed by atoms with Gasteiger partial charge in [-0.2, -0.15) is 5.10 Å². The minimum Gasteiger partial charge on any atom is -0.490 e. The Morgan fingerprint density at radius 2 is 1.76 bits per heavy atom. The fourth-order valence-electron chi connectivity index (χ4n) is 4.66. The molecule has 1 aliphatic rings. The Kier molecular flexibility index (Phi) is 5.79. The van der Waals surface area contributed by atoms with Gasteiger partial charge in [0.05, 0.1) is 23.6 Å². The van der Waals surface area contributed by atoms with Gasteiger partial charge in [0.2, 0.25) is 0 Å². The summed E-state index contributed by atoms with van der Waals surface area (Å²) in [6, 6.07) is 21.3. The van der Waals surface area contributed by atoms with Gasteiger partial charge in [0, 0.05) is 11.9 Å². The number of para-hydroxylation sites is 1. The van der Waals surface area contributed by atoms with E-state index in [0.717, 1.165) is 22.0 Å². The number of rotatable bonds is 7. The molecule has 0 saturated carbocycles. The molecule has 0 aliphatic carbocycles. The summed E-state index contributed by atoms with van der Waals surface area (Å²) in [7, 11) is -3.77. The number of anilines is 1. The lowest BCUT2D eigenvalue weighted by molar-refractivity contribution is 0.0893. The smallest absolute Gasteiger partial charge is 0.268 e. The Morgan fingerprint density at radius 3 is 2.62 bits per heavy atom. The van der Waals surface area contributed by atoms with Crippen LogP contribution < -0.4 is 9.04 Å². The predicted octanol–water partition coefficient (Wildman–Crippen LogP) is 3.84. The Labute approximate surface area is 199 Å². The van der Waals surface area contributed by atoms with Crippen molar-refractivity contribution in [1.82, 2.24) is 9.78 Å². The van der Waals surface area contributed by atoms with Crippen LogP contribution in [0.1, 0.15) is 17.0 Å². The average Bonchev–Trinajstić information content (AvgIpc) is 3.39. The van der Waals surface area contributed by atoms with E-state index in [1.54, 1.807) is 18.5 Å². The van der Waals surface area contributed by atoms with Crippen LogP contribution in [0.2, 0.25) is 0 Å². The molecule has 176 valence electrons. The van der Waals surface area contributed by atoms with Gasteiger partial charge in [-0.3, -0.25) is 8.99 Å². The van der Waals surface area contributed by atoms with E-state index in [-0.39, 0.29) is 18.0 Å². The van der Waals surface area contributed by atoms with Crippen LogP contribution >= 0.6 is 0 Å². The summed E-state index contributed by atoms with van der Waals surface area (Å²) in [6.45, 7) is 4.02. The van der Waals surface area contributed by atoms with Crippen molar-refractivity contribution < 1.29 is 18.3 Å². The maximum Gasteiger partial charge on any atom is 0.268 e. The van der Waals surface area contributed by atoms with Crippen LogP contribution in [0, 0.1) is 13.8 Å². The molecule has 0 bridgehead atoms. The van der Waals surface area contributed by atoms with Gasteiger partial charge in [-0.15, -0.1) is 0 Å².